The highest BCUT2D eigenvalue weighted by Crippen LogP contribution is 2.17. The molecule has 7 nitrogen and oxygen atoms in total. The molecule has 138 valence electrons. The van der Waals surface area contributed by atoms with Gasteiger partial charge in [-0.3, -0.25) is 9.59 Å². The van der Waals surface area contributed by atoms with Crippen LogP contribution in [-0.4, -0.2) is 51.1 Å². The number of nitrogens with zero attached hydrogens (tertiary/aromatic N) is 1. The number of rotatable bonds is 8. The van der Waals surface area contributed by atoms with Gasteiger partial charge in [-0.1, -0.05) is 0 Å². The monoisotopic (exact) mass is 358 g/mol. The van der Waals surface area contributed by atoms with Gasteiger partial charge in [-0.25, -0.2) is 0 Å². The van der Waals surface area contributed by atoms with E-state index in [1.54, 1.807) is 69.8 Å². The van der Waals surface area contributed by atoms with Gasteiger partial charge in [0.05, 0.1) is 20.8 Å². The largest absolute Gasteiger partial charge is 0.497 e. The van der Waals surface area contributed by atoms with Crippen LogP contribution in [0.1, 0.15) is 0 Å². The van der Waals surface area contributed by atoms with Gasteiger partial charge in [0.1, 0.15) is 17.2 Å². The minimum absolute atomic E-state index is 0.0726. The number of benzene rings is 2. The van der Waals surface area contributed by atoms with Crippen molar-refractivity contribution < 1.29 is 23.8 Å². The SMILES string of the molecule is COc1ccc(NC(=O)CN(C)C(=O)COc2ccc(OC)cc2)cc1. The van der Waals surface area contributed by atoms with Crippen LogP contribution in [0.5, 0.6) is 17.2 Å². The number of anilines is 1. The maximum Gasteiger partial charge on any atom is 0.260 e. The van der Waals surface area contributed by atoms with E-state index < -0.39 is 0 Å². The van der Waals surface area contributed by atoms with E-state index in [2.05, 4.69) is 5.32 Å². The molecule has 26 heavy (non-hydrogen) atoms. The minimum atomic E-state index is -0.300. The molecule has 1 N–H and O–H groups in total. The molecule has 0 bridgehead atoms. The van der Waals surface area contributed by atoms with Gasteiger partial charge in [-0.15, -0.1) is 0 Å². The highest BCUT2D eigenvalue weighted by molar-refractivity contribution is 5.94. The number of amides is 2. The van der Waals surface area contributed by atoms with Crippen LogP contribution < -0.4 is 19.5 Å². The van der Waals surface area contributed by atoms with Crippen molar-refractivity contribution in [1.82, 2.24) is 4.90 Å². The van der Waals surface area contributed by atoms with E-state index in [1.807, 2.05) is 0 Å². The number of carbonyl (C=O) groups is 2. The van der Waals surface area contributed by atoms with Crippen LogP contribution in [0.25, 0.3) is 0 Å². The molecule has 7 heteroatoms. The second-order valence-electron chi connectivity index (χ2n) is 5.49. The first-order chi connectivity index (χ1) is 12.5. The van der Waals surface area contributed by atoms with E-state index in [-0.39, 0.29) is 25.0 Å². The van der Waals surface area contributed by atoms with Crippen molar-refractivity contribution in [2.45, 2.75) is 0 Å². The summed E-state index contributed by atoms with van der Waals surface area (Å²) in [6.45, 7) is -0.227. The summed E-state index contributed by atoms with van der Waals surface area (Å²) in [5.74, 6) is 1.36. The zero-order valence-electron chi connectivity index (χ0n) is 15.0. The Hall–Kier alpha value is -3.22. The van der Waals surface area contributed by atoms with Gasteiger partial charge in [-0.2, -0.15) is 0 Å². The van der Waals surface area contributed by atoms with Gasteiger partial charge in [0.2, 0.25) is 5.91 Å². The third-order valence-electron chi connectivity index (χ3n) is 3.60. The summed E-state index contributed by atoms with van der Waals surface area (Å²) in [6.07, 6.45) is 0. The topological polar surface area (TPSA) is 77.1 Å². The molecule has 2 aromatic rings. The number of hydrogen-bond acceptors (Lipinski definition) is 5. The molecule has 0 atom stereocenters. The number of carbonyl (C=O) groups excluding carboxylic acids is 2. The van der Waals surface area contributed by atoms with Gasteiger partial charge >= 0.3 is 0 Å². The average Bonchev–Trinajstić information content (AvgIpc) is 2.66. The lowest BCUT2D eigenvalue weighted by Gasteiger charge is -2.17. The van der Waals surface area contributed by atoms with Crippen LogP contribution in [0.3, 0.4) is 0 Å². The first-order valence-corrected chi connectivity index (χ1v) is 7.96. The van der Waals surface area contributed by atoms with E-state index in [1.165, 1.54) is 4.90 Å². The normalized spacial score (nSPS) is 9.96. The molecular formula is C19H22N2O5. The summed E-state index contributed by atoms with van der Waals surface area (Å²) < 4.78 is 15.5. The molecule has 2 amide bonds. The summed E-state index contributed by atoms with van der Waals surface area (Å²) in [4.78, 5) is 25.4. The van der Waals surface area contributed by atoms with Gasteiger partial charge in [0.15, 0.2) is 6.61 Å². The predicted molar refractivity (Wildman–Crippen MR) is 97.7 cm³/mol. The Kier molecular flexibility index (Phi) is 6.84. The summed E-state index contributed by atoms with van der Waals surface area (Å²) >= 11 is 0. The van der Waals surface area contributed by atoms with Crippen molar-refractivity contribution >= 4 is 17.5 Å². The number of methoxy groups -OCH3 is 2. The molecule has 0 spiro atoms. The first kappa shape index (κ1) is 19.1. The van der Waals surface area contributed by atoms with E-state index >= 15 is 0 Å². The van der Waals surface area contributed by atoms with Crippen LogP contribution in [0.4, 0.5) is 5.69 Å². The number of hydrogen-bond donors (Lipinski definition) is 1. The third-order valence-corrected chi connectivity index (χ3v) is 3.60. The van der Waals surface area contributed by atoms with Crippen LogP contribution in [0.2, 0.25) is 0 Å². The van der Waals surface area contributed by atoms with E-state index in [0.29, 0.717) is 22.9 Å². The molecule has 0 aliphatic heterocycles. The number of ether oxygens (including phenoxy) is 3. The van der Waals surface area contributed by atoms with Crippen molar-refractivity contribution in [2.75, 3.05) is 39.7 Å². The molecular weight excluding hydrogens is 336 g/mol. The van der Waals surface area contributed by atoms with Gasteiger partial charge in [0, 0.05) is 12.7 Å². The molecule has 2 rings (SSSR count). The van der Waals surface area contributed by atoms with Crippen molar-refractivity contribution in [3.05, 3.63) is 48.5 Å². The van der Waals surface area contributed by atoms with E-state index in [9.17, 15) is 9.59 Å². The standard InChI is InChI=1S/C19H22N2O5/c1-21(12-18(22)20-14-4-6-15(24-2)7-5-14)19(23)13-26-17-10-8-16(25-3)9-11-17/h4-11H,12-13H2,1-3H3,(H,20,22). The second kappa shape index (κ2) is 9.31. The predicted octanol–water partition coefficient (Wildman–Crippen LogP) is 2.18. The number of nitrogens with one attached hydrogen (secondary N) is 1. The fourth-order valence-corrected chi connectivity index (χ4v) is 2.11. The summed E-state index contributed by atoms with van der Waals surface area (Å²) in [6, 6.07) is 13.8. The van der Waals surface area contributed by atoms with Crippen molar-refractivity contribution in [3.63, 3.8) is 0 Å². The quantitative estimate of drug-likeness (QED) is 0.783. The zero-order chi connectivity index (χ0) is 18.9. The molecule has 0 aromatic heterocycles. The van der Waals surface area contributed by atoms with Gasteiger partial charge in [0.25, 0.3) is 5.91 Å². The second-order valence-corrected chi connectivity index (χ2v) is 5.49. The van der Waals surface area contributed by atoms with Gasteiger partial charge < -0.3 is 24.4 Å². The minimum Gasteiger partial charge on any atom is -0.497 e. The Bertz CT molecular complexity index is 729. The average molecular weight is 358 g/mol. The molecule has 2 aromatic carbocycles. The van der Waals surface area contributed by atoms with Crippen LogP contribution in [0, 0.1) is 0 Å². The fraction of sp³-hybridized carbons (Fsp3) is 0.263. The third kappa shape index (κ3) is 5.70. The Morgan fingerprint density at radius 1 is 0.885 bits per heavy atom. The molecule has 0 aliphatic rings. The highest BCUT2D eigenvalue weighted by atomic mass is 16.5. The van der Waals surface area contributed by atoms with Crippen molar-refractivity contribution in [3.8, 4) is 17.2 Å². The van der Waals surface area contributed by atoms with Crippen LogP contribution >= 0.6 is 0 Å². The molecule has 0 unspecified atom stereocenters. The molecule has 0 heterocycles. The lowest BCUT2D eigenvalue weighted by molar-refractivity contribution is -0.135. The van der Waals surface area contributed by atoms with Crippen molar-refractivity contribution in [2.24, 2.45) is 0 Å². The fourth-order valence-electron chi connectivity index (χ4n) is 2.11. The lowest BCUT2D eigenvalue weighted by atomic mass is 10.3. The van der Waals surface area contributed by atoms with Gasteiger partial charge in [-0.05, 0) is 48.5 Å². The van der Waals surface area contributed by atoms with Crippen LogP contribution in [0.15, 0.2) is 48.5 Å². The summed E-state index contributed by atoms with van der Waals surface area (Å²) in [5.41, 5.74) is 0.631. The highest BCUT2D eigenvalue weighted by Gasteiger charge is 2.14. The molecule has 0 fully saturated rings. The molecule has 0 saturated carbocycles. The summed E-state index contributed by atoms with van der Waals surface area (Å²) in [7, 11) is 4.70. The van der Waals surface area contributed by atoms with E-state index in [4.69, 9.17) is 14.2 Å². The Balaban J connectivity index is 1.78. The molecule has 0 saturated heterocycles. The Morgan fingerprint density at radius 3 is 1.92 bits per heavy atom. The van der Waals surface area contributed by atoms with Crippen molar-refractivity contribution in [1.29, 1.82) is 0 Å². The zero-order valence-corrected chi connectivity index (χ0v) is 15.0. The van der Waals surface area contributed by atoms with E-state index in [0.717, 1.165) is 0 Å². The lowest BCUT2D eigenvalue weighted by Crippen LogP contribution is -2.37. The smallest absolute Gasteiger partial charge is 0.260 e. The maximum absolute atomic E-state index is 12.1. The summed E-state index contributed by atoms with van der Waals surface area (Å²) in [5, 5.41) is 2.72. The Labute approximate surface area is 152 Å². The molecule has 0 aliphatic carbocycles. The maximum atomic E-state index is 12.1. The first-order valence-electron chi connectivity index (χ1n) is 7.96. The molecule has 0 radical (unpaired) electrons. The van der Waals surface area contributed by atoms with Crippen LogP contribution in [-0.2, 0) is 9.59 Å². The Morgan fingerprint density at radius 2 is 1.38 bits per heavy atom. The number of likely N-dealkylation sites (N-methyl/N-ethyl adjacent to an activating group) is 1.